The number of rotatable bonds is 9. The van der Waals surface area contributed by atoms with Crippen molar-refractivity contribution in [3.8, 4) is 11.5 Å². The van der Waals surface area contributed by atoms with Crippen molar-refractivity contribution >= 4 is 25.1 Å². The number of carbonyl (C=O) groups is 1. The van der Waals surface area contributed by atoms with Gasteiger partial charge in [-0.3, -0.25) is 25.0 Å². The lowest BCUT2D eigenvalue weighted by Crippen LogP contribution is -2.34. The average molecular weight is 411 g/mol. The zero-order valence-corrected chi connectivity index (χ0v) is 15.1. The first-order chi connectivity index (χ1) is 13.1. The highest BCUT2D eigenvalue weighted by molar-refractivity contribution is 7.52. The number of nitro groups is 2. The van der Waals surface area contributed by atoms with Crippen molar-refractivity contribution in [1.82, 2.24) is 5.09 Å². The van der Waals surface area contributed by atoms with Crippen LogP contribution in [0.15, 0.2) is 48.5 Å². The van der Waals surface area contributed by atoms with E-state index < -0.39 is 29.6 Å². The van der Waals surface area contributed by atoms with Crippen LogP contribution in [0.4, 0.5) is 11.4 Å². The molecule has 0 saturated heterocycles. The van der Waals surface area contributed by atoms with Gasteiger partial charge in [-0.05, 0) is 31.2 Å². The number of carboxylic acids is 1. The van der Waals surface area contributed by atoms with E-state index in [9.17, 15) is 29.6 Å². The summed E-state index contributed by atoms with van der Waals surface area (Å²) in [5.41, 5.74) is -0.462. The second-order valence-corrected chi connectivity index (χ2v) is 6.99. The molecule has 0 aliphatic heterocycles. The fourth-order valence-corrected chi connectivity index (χ4v) is 3.42. The van der Waals surface area contributed by atoms with E-state index in [-0.39, 0.29) is 22.9 Å². The molecular formula is C15H14N3O9P. The largest absolute Gasteiger partial charge is 0.513 e. The molecular weight excluding hydrogens is 397 g/mol. The van der Waals surface area contributed by atoms with Crippen LogP contribution in [-0.2, 0) is 9.36 Å². The van der Waals surface area contributed by atoms with Crippen LogP contribution in [0.25, 0.3) is 0 Å². The zero-order chi connectivity index (χ0) is 20.9. The molecule has 0 unspecified atom stereocenters. The predicted molar refractivity (Wildman–Crippen MR) is 95.3 cm³/mol. The van der Waals surface area contributed by atoms with Crippen molar-refractivity contribution < 1.29 is 33.4 Å². The molecule has 2 N–H and O–H groups in total. The molecule has 28 heavy (non-hydrogen) atoms. The molecule has 2 rings (SSSR count). The van der Waals surface area contributed by atoms with Crippen LogP contribution < -0.4 is 14.1 Å². The number of hydrogen-bond acceptors (Lipinski definition) is 8. The van der Waals surface area contributed by atoms with E-state index in [0.29, 0.717) is 0 Å². The number of benzene rings is 2. The number of aliphatic carboxylic acids is 1. The first-order valence-corrected chi connectivity index (χ1v) is 9.12. The minimum atomic E-state index is -4.32. The van der Waals surface area contributed by atoms with E-state index in [1.165, 1.54) is 6.92 Å². The molecule has 0 amide bonds. The molecule has 2 aromatic rings. The average Bonchev–Trinajstić information content (AvgIpc) is 2.62. The number of carboxylic acid groups (broad SMARTS) is 1. The Morgan fingerprint density at radius 2 is 1.32 bits per heavy atom. The number of hydrogen-bond donors (Lipinski definition) is 2. The first kappa shape index (κ1) is 20.8. The fourth-order valence-electron chi connectivity index (χ4n) is 1.90. The van der Waals surface area contributed by atoms with Gasteiger partial charge in [-0.15, -0.1) is 0 Å². The van der Waals surface area contributed by atoms with E-state index in [1.807, 2.05) is 0 Å². The van der Waals surface area contributed by atoms with E-state index in [2.05, 4.69) is 5.09 Å². The lowest BCUT2D eigenvalue weighted by atomic mass is 10.3. The van der Waals surface area contributed by atoms with Crippen molar-refractivity contribution in [2.75, 3.05) is 0 Å². The smallest absolute Gasteiger partial charge is 0.480 e. The second-order valence-electron chi connectivity index (χ2n) is 5.37. The standard InChI is InChI=1S/C15H14N3O9P/c1-10(15(19)20)16-28(25,26-13-6-2-11(3-7-13)17(21)22)27-14-8-4-12(5-9-14)18(23)24/h2-10H,1H3,(H,16,25)(H,19,20)/t10-/m0/s1. The summed E-state index contributed by atoms with van der Waals surface area (Å²) in [6, 6.07) is 7.74. The molecule has 0 aromatic heterocycles. The quantitative estimate of drug-likeness (QED) is 0.355. The fraction of sp³-hybridized carbons (Fsp3) is 0.133. The van der Waals surface area contributed by atoms with Crippen molar-refractivity contribution in [3.05, 3.63) is 68.8 Å². The highest BCUT2D eigenvalue weighted by Crippen LogP contribution is 2.45. The second kappa shape index (κ2) is 8.46. The third kappa shape index (κ3) is 5.50. The number of nitrogens with one attached hydrogen (secondary N) is 1. The molecule has 2 aromatic carbocycles. The molecule has 12 nitrogen and oxygen atoms in total. The molecule has 13 heteroatoms. The van der Waals surface area contributed by atoms with Crippen molar-refractivity contribution in [2.24, 2.45) is 0 Å². The molecule has 148 valence electrons. The van der Waals surface area contributed by atoms with Gasteiger partial charge in [-0.2, -0.15) is 5.09 Å². The van der Waals surface area contributed by atoms with Gasteiger partial charge in [0.2, 0.25) is 0 Å². The van der Waals surface area contributed by atoms with Crippen LogP contribution in [-0.4, -0.2) is 27.0 Å². The molecule has 0 radical (unpaired) electrons. The normalized spacial score (nSPS) is 12.0. The molecule has 0 heterocycles. The summed E-state index contributed by atoms with van der Waals surface area (Å²) in [4.78, 5) is 31.2. The lowest BCUT2D eigenvalue weighted by molar-refractivity contribution is -0.385. The van der Waals surface area contributed by atoms with E-state index in [0.717, 1.165) is 48.5 Å². The maximum atomic E-state index is 13.0. The van der Waals surface area contributed by atoms with Gasteiger partial charge in [-0.1, -0.05) is 0 Å². The Morgan fingerprint density at radius 3 is 1.61 bits per heavy atom. The van der Waals surface area contributed by atoms with Crippen molar-refractivity contribution in [2.45, 2.75) is 13.0 Å². The first-order valence-electron chi connectivity index (χ1n) is 7.58. The Kier molecular flexibility index (Phi) is 6.29. The highest BCUT2D eigenvalue weighted by atomic mass is 31.2. The highest BCUT2D eigenvalue weighted by Gasteiger charge is 2.33. The maximum Gasteiger partial charge on any atom is 0.513 e. The van der Waals surface area contributed by atoms with Gasteiger partial charge < -0.3 is 14.2 Å². The number of non-ortho nitro benzene ring substituents is 2. The maximum absolute atomic E-state index is 13.0. The van der Waals surface area contributed by atoms with Gasteiger partial charge in [0, 0.05) is 24.3 Å². The van der Waals surface area contributed by atoms with Crippen LogP contribution in [0.3, 0.4) is 0 Å². The Morgan fingerprint density at radius 1 is 0.964 bits per heavy atom. The predicted octanol–water partition coefficient (Wildman–Crippen LogP) is 3.13. The van der Waals surface area contributed by atoms with Gasteiger partial charge in [0.25, 0.3) is 11.4 Å². The van der Waals surface area contributed by atoms with E-state index in [1.54, 1.807) is 0 Å². The molecule has 0 bridgehead atoms. The van der Waals surface area contributed by atoms with Crippen molar-refractivity contribution in [1.29, 1.82) is 0 Å². The van der Waals surface area contributed by atoms with Crippen LogP contribution in [0, 0.1) is 20.2 Å². The number of nitrogens with zero attached hydrogens (tertiary/aromatic N) is 2. The van der Waals surface area contributed by atoms with Crippen LogP contribution in [0.1, 0.15) is 6.92 Å². The summed E-state index contributed by atoms with van der Waals surface area (Å²) >= 11 is 0. The molecule has 0 aliphatic rings. The third-order valence-corrected chi connectivity index (χ3v) is 4.87. The topological polar surface area (TPSA) is 171 Å². The molecule has 0 aliphatic carbocycles. The minimum Gasteiger partial charge on any atom is -0.480 e. The van der Waals surface area contributed by atoms with Gasteiger partial charge in [0.15, 0.2) is 0 Å². The van der Waals surface area contributed by atoms with Crippen LogP contribution >= 0.6 is 7.75 Å². The minimum absolute atomic E-state index is 0.0825. The Balaban J connectivity index is 2.28. The van der Waals surface area contributed by atoms with Crippen molar-refractivity contribution in [3.63, 3.8) is 0 Å². The molecule has 0 fully saturated rings. The zero-order valence-electron chi connectivity index (χ0n) is 14.3. The van der Waals surface area contributed by atoms with E-state index >= 15 is 0 Å². The van der Waals surface area contributed by atoms with Gasteiger partial charge in [0.1, 0.15) is 17.5 Å². The third-order valence-electron chi connectivity index (χ3n) is 3.27. The molecule has 0 saturated carbocycles. The summed E-state index contributed by atoms with van der Waals surface area (Å²) in [6.45, 7) is 1.20. The summed E-state index contributed by atoms with van der Waals surface area (Å²) in [5.74, 6) is -1.50. The van der Waals surface area contributed by atoms with E-state index in [4.69, 9.17) is 14.2 Å². The Bertz CT molecular complexity index is 867. The summed E-state index contributed by atoms with van der Waals surface area (Å²) in [5, 5.41) is 32.6. The molecule has 1 atom stereocenters. The molecule has 0 spiro atoms. The summed E-state index contributed by atoms with van der Waals surface area (Å²) in [6.07, 6.45) is 0. The van der Waals surface area contributed by atoms with Crippen LogP contribution in [0.5, 0.6) is 11.5 Å². The lowest BCUT2D eigenvalue weighted by Gasteiger charge is -2.22. The summed E-state index contributed by atoms with van der Waals surface area (Å²) in [7, 11) is -4.32. The Hall–Kier alpha value is -3.50. The summed E-state index contributed by atoms with van der Waals surface area (Å²) < 4.78 is 23.5. The SMILES string of the molecule is C[C@H](NP(=O)(Oc1ccc([N+](=O)[O-])cc1)Oc1ccc([N+](=O)[O-])cc1)C(=O)O. The van der Waals surface area contributed by atoms with Gasteiger partial charge in [-0.25, -0.2) is 4.57 Å². The van der Waals surface area contributed by atoms with Gasteiger partial charge in [0.05, 0.1) is 9.85 Å². The Labute approximate surface area is 157 Å². The van der Waals surface area contributed by atoms with Gasteiger partial charge >= 0.3 is 13.7 Å². The number of nitro benzene ring substituents is 2. The van der Waals surface area contributed by atoms with Crippen LogP contribution in [0.2, 0.25) is 0 Å². The monoisotopic (exact) mass is 411 g/mol.